The van der Waals surface area contributed by atoms with E-state index in [2.05, 4.69) is 5.32 Å². The van der Waals surface area contributed by atoms with Gasteiger partial charge in [0.2, 0.25) is 0 Å². The summed E-state index contributed by atoms with van der Waals surface area (Å²) in [6.45, 7) is 4.30. The van der Waals surface area contributed by atoms with Crippen molar-refractivity contribution in [2.24, 2.45) is 0 Å². The number of likely N-dealkylation sites (N-methyl/N-ethyl adjacent to an activating group) is 1. The van der Waals surface area contributed by atoms with E-state index >= 15 is 0 Å². The van der Waals surface area contributed by atoms with Crippen LogP contribution in [0.2, 0.25) is 0 Å². The predicted molar refractivity (Wildman–Crippen MR) is 46.7 cm³/mol. The number of hydrogen-bond acceptors (Lipinski definition) is 4. The maximum Gasteiger partial charge on any atom is 0.154 e. The monoisotopic (exact) mass is 193 g/mol. The highest BCUT2D eigenvalue weighted by atomic mass is 32.2. The lowest BCUT2D eigenvalue weighted by Gasteiger charge is -2.27. The van der Waals surface area contributed by atoms with Gasteiger partial charge < -0.3 is 10.4 Å². The molecule has 4 nitrogen and oxygen atoms in total. The molecule has 1 rings (SSSR count). The molecule has 0 aromatic rings. The predicted octanol–water partition coefficient (Wildman–Crippen LogP) is -0.856. The Morgan fingerprint density at radius 1 is 1.67 bits per heavy atom. The second-order valence-corrected chi connectivity index (χ2v) is 5.63. The third-order valence-electron chi connectivity index (χ3n) is 2.25. The Morgan fingerprint density at radius 3 is 2.58 bits per heavy atom. The summed E-state index contributed by atoms with van der Waals surface area (Å²) < 4.78 is 22.3. The fourth-order valence-electron chi connectivity index (χ4n) is 1.61. The lowest BCUT2D eigenvalue weighted by molar-refractivity contribution is 0.113. The maximum atomic E-state index is 11.1. The van der Waals surface area contributed by atoms with Crippen molar-refractivity contribution in [2.75, 3.05) is 18.1 Å². The molecule has 72 valence electrons. The molecule has 5 heteroatoms. The van der Waals surface area contributed by atoms with Gasteiger partial charge >= 0.3 is 0 Å². The Kier molecular flexibility index (Phi) is 2.47. The van der Waals surface area contributed by atoms with Crippen LogP contribution in [-0.4, -0.2) is 43.2 Å². The van der Waals surface area contributed by atoms with Crippen LogP contribution in [0.3, 0.4) is 0 Å². The fraction of sp³-hybridized carbons (Fsp3) is 1.00. The van der Waals surface area contributed by atoms with Gasteiger partial charge in [0.05, 0.1) is 23.1 Å². The van der Waals surface area contributed by atoms with E-state index in [0.717, 1.165) is 0 Å². The summed E-state index contributed by atoms with van der Waals surface area (Å²) in [6, 6.07) is 0. The van der Waals surface area contributed by atoms with E-state index < -0.39 is 21.5 Å². The SMILES string of the molecule is CCNC1(C)CS(=O)(=O)CC1O. The second-order valence-electron chi connectivity index (χ2n) is 3.52. The molecule has 0 aliphatic carbocycles. The van der Waals surface area contributed by atoms with Gasteiger partial charge in [-0.1, -0.05) is 6.92 Å². The second kappa shape index (κ2) is 2.97. The fourth-order valence-corrected chi connectivity index (χ4v) is 3.78. The van der Waals surface area contributed by atoms with Gasteiger partial charge in [-0.3, -0.25) is 0 Å². The van der Waals surface area contributed by atoms with Crippen LogP contribution in [0.4, 0.5) is 0 Å². The highest BCUT2D eigenvalue weighted by molar-refractivity contribution is 7.91. The van der Waals surface area contributed by atoms with E-state index in [1.807, 2.05) is 6.92 Å². The Labute approximate surface area is 72.9 Å². The Hall–Kier alpha value is -0.130. The first-order chi connectivity index (χ1) is 5.40. The van der Waals surface area contributed by atoms with Crippen molar-refractivity contribution in [1.29, 1.82) is 0 Å². The van der Waals surface area contributed by atoms with Gasteiger partial charge in [-0.2, -0.15) is 0 Å². The van der Waals surface area contributed by atoms with Gasteiger partial charge in [0.15, 0.2) is 9.84 Å². The molecule has 1 aliphatic rings. The highest BCUT2D eigenvalue weighted by Gasteiger charge is 2.45. The molecule has 0 aromatic carbocycles. The van der Waals surface area contributed by atoms with Crippen LogP contribution in [0.25, 0.3) is 0 Å². The molecule has 12 heavy (non-hydrogen) atoms. The van der Waals surface area contributed by atoms with Crippen LogP contribution in [-0.2, 0) is 9.84 Å². The maximum absolute atomic E-state index is 11.1. The summed E-state index contributed by atoms with van der Waals surface area (Å²) in [5.41, 5.74) is -0.645. The third-order valence-corrected chi connectivity index (χ3v) is 4.11. The summed E-state index contributed by atoms with van der Waals surface area (Å²) in [7, 11) is -3.04. The number of aliphatic hydroxyl groups excluding tert-OH is 1. The average molecular weight is 193 g/mol. The molecule has 0 bridgehead atoms. The number of aliphatic hydroxyl groups is 1. The van der Waals surface area contributed by atoms with Gasteiger partial charge in [0, 0.05) is 0 Å². The van der Waals surface area contributed by atoms with Gasteiger partial charge in [0.25, 0.3) is 0 Å². The van der Waals surface area contributed by atoms with Crippen molar-refractivity contribution >= 4 is 9.84 Å². The van der Waals surface area contributed by atoms with Crippen molar-refractivity contribution in [3.05, 3.63) is 0 Å². The molecule has 1 saturated heterocycles. The zero-order valence-electron chi connectivity index (χ0n) is 7.37. The molecule has 0 radical (unpaired) electrons. The van der Waals surface area contributed by atoms with Crippen LogP contribution < -0.4 is 5.32 Å². The minimum Gasteiger partial charge on any atom is -0.390 e. The molecule has 1 heterocycles. The van der Waals surface area contributed by atoms with Gasteiger partial charge in [-0.15, -0.1) is 0 Å². The zero-order chi connectivity index (χ0) is 9.41. The first-order valence-electron chi connectivity index (χ1n) is 4.03. The van der Waals surface area contributed by atoms with Crippen molar-refractivity contribution in [2.45, 2.75) is 25.5 Å². The molecular weight excluding hydrogens is 178 g/mol. The Bertz CT molecular complexity index is 262. The minimum atomic E-state index is -3.04. The number of rotatable bonds is 2. The largest absolute Gasteiger partial charge is 0.390 e. The molecule has 2 unspecified atom stereocenters. The van der Waals surface area contributed by atoms with E-state index in [0.29, 0.717) is 6.54 Å². The first kappa shape index (κ1) is 9.95. The number of sulfone groups is 1. The van der Waals surface area contributed by atoms with Gasteiger partial charge in [-0.25, -0.2) is 8.42 Å². The third kappa shape index (κ3) is 1.78. The molecule has 0 aromatic heterocycles. The normalized spacial score (nSPS) is 40.1. The molecule has 1 aliphatic heterocycles. The Balaban J connectivity index is 2.81. The lowest BCUT2D eigenvalue weighted by Crippen LogP contribution is -2.51. The Morgan fingerprint density at radius 2 is 2.25 bits per heavy atom. The van der Waals surface area contributed by atoms with Crippen LogP contribution in [0.5, 0.6) is 0 Å². The van der Waals surface area contributed by atoms with Crippen LogP contribution in [0.15, 0.2) is 0 Å². The molecule has 1 fully saturated rings. The molecule has 2 N–H and O–H groups in total. The zero-order valence-corrected chi connectivity index (χ0v) is 8.19. The molecule has 0 spiro atoms. The van der Waals surface area contributed by atoms with Crippen molar-refractivity contribution in [1.82, 2.24) is 5.32 Å². The average Bonchev–Trinajstić information content (AvgIpc) is 2.02. The van der Waals surface area contributed by atoms with Crippen molar-refractivity contribution in [3.63, 3.8) is 0 Å². The summed E-state index contributed by atoms with van der Waals surface area (Å²) in [5, 5.41) is 12.5. The minimum absolute atomic E-state index is 0.0367. The van der Waals surface area contributed by atoms with Crippen LogP contribution in [0.1, 0.15) is 13.8 Å². The van der Waals surface area contributed by atoms with Gasteiger partial charge in [-0.05, 0) is 13.5 Å². The van der Waals surface area contributed by atoms with E-state index in [1.54, 1.807) is 6.92 Å². The smallest absolute Gasteiger partial charge is 0.154 e. The first-order valence-corrected chi connectivity index (χ1v) is 5.85. The summed E-state index contributed by atoms with van der Waals surface area (Å²) >= 11 is 0. The molecule has 0 saturated carbocycles. The highest BCUT2D eigenvalue weighted by Crippen LogP contribution is 2.23. The van der Waals surface area contributed by atoms with Crippen LogP contribution in [0, 0.1) is 0 Å². The van der Waals surface area contributed by atoms with E-state index in [4.69, 9.17) is 0 Å². The number of hydrogen-bond donors (Lipinski definition) is 2. The summed E-state index contributed by atoms with van der Waals surface area (Å²) in [6.07, 6.45) is -0.776. The standard InChI is InChI=1S/C7H15NO3S/c1-3-8-7(2)5-12(10,11)4-6(7)9/h6,8-9H,3-5H2,1-2H3. The quantitative estimate of drug-likeness (QED) is 0.599. The van der Waals surface area contributed by atoms with E-state index in [1.165, 1.54) is 0 Å². The molecule has 0 amide bonds. The van der Waals surface area contributed by atoms with Crippen molar-refractivity contribution in [3.8, 4) is 0 Å². The molecular formula is C7H15NO3S. The van der Waals surface area contributed by atoms with Crippen LogP contribution >= 0.6 is 0 Å². The lowest BCUT2D eigenvalue weighted by atomic mass is 9.99. The van der Waals surface area contributed by atoms with E-state index in [9.17, 15) is 13.5 Å². The summed E-state index contributed by atoms with van der Waals surface area (Å²) in [4.78, 5) is 0. The topological polar surface area (TPSA) is 66.4 Å². The number of nitrogens with one attached hydrogen (secondary N) is 1. The summed E-state index contributed by atoms with van der Waals surface area (Å²) in [5.74, 6) is -0.0779. The molecule has 2 atom stereocenters. The van der Waals surface area contributed by atoms with Gasteiger partial charge in [0.1, 0.15) is 0 Å². The van der Waals surface area contributed by atoms with Crippen molar-refractivity contribution < 1.29 is 13.5 Å². The van der Waals surface area contributed by atoms with E-state index in [-0.39, 0.29) is 11.5 Å².